The molecule has 34 heavy (non-hydrogen) atoms. The van der Waals surface area contributed by atoms with Gasteiger partial charge in [0.25, 0.3) is 11.8 Å². The highest BCUT2D eigenvalue weighted by molar-refractivity contribution is 7.89. The van der Waals surface area contributed by atoms with Gasteiger partial charge in [-0.05, 0) is 67.4 Å². The van der Waals surface area contributed by atoms with E-state index in [-0.39, 0.29) is 29.4 Å². The molecule has 2 amide bonds. The van der Waals surface area contributed by atoms with Crippen LogP contribution in [0.4, 0.5) is 11.4 Å². The van der Waals surface area contributed by atoms with Gasteiger partial charge in [-0.15, -0.1) is 0 Å². The molecule has 3 aromatic carbocycles. The van der Waals surface area contributed by atoms with Crippen molar-refractivity contribution < 1.29 is 22.7 Å². The summed E-state index contributed by atoms with van der Waals surface area (Å²) in [5.74, 6) is -0.661. The lowest BCUT2D eigenvalue weighted by molar-refractivity contribution is 0.101. The van der Waals surface area contributed by atoms with E-state index >= 15 is 0 Å². The van der Waals surface area contributed by atoms with Gasteiger partial charge >= 0.3 is 0 Å². The van der Waals surface area contributed by atoms with Gasteiger partial charge in [-0.2, -0.15) is 0 Å². The first-order valence-electron chi connectivity index (χ1n) is 10.9. The third kappa shape index (κ3) is 6.07. The average Bonchev–Trinajstić information content (AvgIpc) is 3.38. The van der Waals surface area contributed by atoms with Crippen molar-refractivity contribution in [3.05, 3.63) is 90.0 Å². The number of rotatable bonds is 8. The zero-order valence-corrected chi connectivity index (χ0v) is 19.2. The Kier molecular flexibility index (Phi) is 7.36. The molecule has 0 spiro atoms. The maximum Gasteiger partial charge on any atom is 0.255 e. The van der Waals surface area contributed by atoms with Gasteiger partial charge in [-0.1, -0.05) is 24.3 Å². The highest BCUT2D eigenvalue weighted by Crippen LogP contribution is 2.18. The highest BCUT2D eigenvalue weighted by atomic mass is 32.2. The van der Waals surface area contributed by atoms with E-state index in [0.29, 0.717) is 29.1 Å². The molecular formula is C25H25N3O5S. The van der Waals surface area contributed by atoms with Gasteiger partial charge in [0.2, 0.25) is 10.0 Å². The minimum atomic E-state index is -3.67. The van der Waals surface area contributed by atoms with Gasteiger partial charge in [-0.25, -0.2) is 13.1 Å². The van der Waals surface area contributed by atoms with Crippen molar-refractivity contribution in [1.82, 2.24) is 4.72 Å². The molecule has 1 atom stereocenters. The van der Waals surface area contributed by atoms with Crippen LogP contribution in [0, 0.1) is 0 Å². The predicted octanol–water partition coefficient (Wildman–Crippen LogP) is 3.65. The van der Waals surface area contributed by atoms with Crippen LogP contribution in [0.1, 0.15) is 33.6 Å². The van der Waals surface area contributed by atoms with E-state index in [2.05, 4.69) is 15.4 Å². The number of hydrogen-bond donors (Lipinski definition) is 3. The zero-order chi connectivity index (χ0) is 24.0. The van der Waals surface area contributed by atoms with Crippen LogP contribution in [-0.4, -0.2) is 39.5 Å². The van der Waals surface area contributed by atoms with Gasteiger partial charge < -0.3 is 15.4 Å². The Labute approximate surface area is 198 Å². The largest absolute Gasteiger partial charge is 0.377 e. The summed E-state index contributed by atoms with van der Waals surface area (Å²) in [7, 11) is -3.67. The van der Waals surface area contributed by atoms with E-state index in [4.69, 9.17) is 4.74 Å². The number of carbonyl (C=O) groups excluding carboxylic acids is 2. The lowest BCUT2D eigenvalue weighted by Crippen LogP contribution is -2.31. The molecular weight excluding hydrogens is 454 g/mol. The van der Waals surface area contributed by atoms with Crippen molar-refractivity contribution in [1.29, 1.82) is 0 Å². The second kappa shape index (κ2) is 10.6. The molecule has 3 N–H and O–H groups in total. The minimum absolute atomic E-state index is 0.0958. The van der Waals surface area contributed by atoms with Gasteiger partial charge in [0, 0.05) is 35.7 Å². The fourth-order valence-corrected chi connectivity index (χ4v) is 4.61. The van der Waals surface area contributed by atoms with E-state index in [0.717, 1.165) is 12.8 Å². The summed E-state index contributed by atoms with van der Waals surface area (Å²) in [5, 5.41) is 5.51. The molecule has 0 bridgehead atoms. The quantitative estimate of drug-likeness (QED) is 0.456. The first-order chi connectivity index (χ1) is 16.4. The minimum Gasteiger partial charge on any atom is -0.377 e. The molecule has 1 saturated heterocycles. The molecule has 0 aromatic heterocycles. The van der Waals surface area contributed by atoms with Crippen molar-refractivity contribution in [3.8, 4) is 0 Å². The summed E-state index contributed by atoms with van der Waals surface area (Å²) >= 11 is 0. The summed E-state index contributed by atoms with van der Waals surface area (Å²) < 4.78 is 33.0. The summed E-state index contributed by atoms with van der Waals surface area (Å²) in [6, 6.07) is 21.3. The number of hydrogen-bond acceptors (Lipinski definition) is 5. The number of nitrogens with one attached hydrogen (secondary N) is 3. The summed E-state index contributed by atoms with van der Waals surface area (Å²) in [6.07, 6.45) is 1.68. The second-order valence-corrected chi connectivity index (χ2v) is 9.63. The highest BCUT2D eigenvalue weighted by Gasteiger charge is 2.20. The van der Waals surface area contributed by atoms with E-state index in [9.17, 15) is 18.0 Å². The molecule has 1 aliphatic heterocycles. The van der Waals surface area contributed by atoms with Crippen LogP contribution in [0.3, 0.4) is 0 Å². The van der Waals surface area contributed by atoms with Crippen molar-refractivity contribution in [3.63, 3.8) is 0 Å². The van der Waals surface area contributed by atoms with Gasteiger partial charge in [0.05, 0.1) is 11.0 Å². The number of ether oxygens (including phenoxy) is 1. The van der Waals surface area contributed by atoms with Gasteiger partial charge in [0.15, 0.2) is 0 Å². The van der Waals surface area contributed by atoms with Crippen molar-refractivity contribution >= 4 is 33.2 Å². The molecule has 0 radical (unpaired) electrons. The van der Waals surface area contributed by atoms with Crippen molar-refractivity contribution in [2.24, 2.45) is 0 Å². The number of anilines is 2. The second-order valence-electron chi connectivity index (χ2n) is 7.87. The third-order valence-electron chi connectivity index (χ3n) is 5.37. The van der Waals surface area contributed by atoms with E-state index in [1.807, 2.05) is 6.07 Å². The maximum atomic E-state index is 12.7. The van der Waals surface area contributed by atoms with E-state index in [1.165, 1.54) is 24.3 Å². The van der Waals surface area contributed by atoms with E-state index in [1.54, 1.807) is 48.5 Å². The monoisotopic (exact) mass is 479 g/mol. The molecule has 4 rings (SSSR count). The Morgan fingerprint density at radius 3 is 2.21 bits per heavy atom. The Bertz CT molecular complexity index is 1260. The van der Waals surface area contributed by atoms with Crippen LogP contribution < -0.4 is 15.4 Å². The first-order valence-corrected chi connectivity index (χ1v) is 12.4. The van der Waals surface area contributed by atoms with Crippen LogP contribution in [0.5, 0.6) is 0 Å². The van der Waals surface area contributed by atoms with Crippen LogP contribution in [0.25, 0.3) is 0 Å². The van der Waals surface area contributed by atoms with Crippen LogP contribution in [-0.2, 0) is 14.8 Å². The van der Waals surface area contributed by atoms with Gasteiger partial charge in [0.1, 0.15) is 0 Å². The zero-order valence-electron chi connectivity index (χ0n) is 18.4. The van der Waals surface area contributed by atoms with Crippen LogP contribution >= 0.6 is 0 Å². The summed E-state index contributed by atoms with van der Waals surface area (Å²) in [4.78, 5) is 25.1. The lowest BCUT2D eigenvalue weighted by Gasteiger charge is -2.12. The molecule has 9 heteroatoms. The fraction of sp³-hybridized carbons (Fsp3) is 0.200. The van der Waals surface area contributed by atoms with Crippen molar-refractivity contribution in [2.45, 2.75) is 23.8 Å². The van der Waals surface area contributed by atoms with Crippen LogP contribution in [0.15, 0.2) is 83.8 Å². The third-order valence-corrected chi connectivity index (χ3v) is 6.81. The molecule has 0 aliphatic carbocycles. The smallest absolute Gasteiger partial charge is 0.255 e. The number of sulfonamides is 1. The molecule has 1 fully saturated rings. The lowest BCUT2D eigenvalue weighted by atomic mass is 10.1. The number of amides is 2. The molecule has 0 saturated carbocycles. The molecule has 8 nitrogen and oxygen atoms in total. The van der Waals surface area contributed by atoms with Crippen LogP contribution in [0.2, 0.25) is 0 Å². The summed E-state index contributed by atoms with van der Waals surface area (Å²) in [5.41, 5.74) is 1.79. The van der Waals surface area contributed by atoms with E-state index < -0.39 is 10.0 Å². The predicted molar refractivity (Wildman–Crippen MR) is 129 cm³/mol. The number of carbonyl (C=O) groups is 2. The molecule has 1 aliphatic rings. The Morgan fingerprint density at radius 2 is 1.50 bits per heavy atom. The first kappa shape index (κ1) is 23.6. The SMILES string of the molecule is O=C(Nc1cccc(C(=O)Nc2ccc(S(=O)(=O)NCC3CCCO3)cc2)c1)c1ccccc1. The Balaban J connectivity index is 1.37. The maximum absolute atomic E-state index is 12.7. The summed E-state index contributed by atoms with van der Waals surface area (Å²) in [6.45, 7) is 0.890. The molecule has 1 heterocycles. The molecule has 3 aromatic rings. The molecule has 176 valence electrons. The topological polar surface area (TPSA) is 114 Å². The standard InChI is InChI=1S/C25H25N3O5S/c29-24(18-6-2-1-3-7-18)28-21-9-4-8-19(16-21)25(30)27-20-11-13-23(14-12-20)34(31,32)26-17-22-10-5-15-33-22/h1-4,6-9,11-14,16,22,26H,5,10,15,17H2,(H,27,30)(H,28,29). The normalized spacial score (nSPS) is 15.6. The van der Waals surface area contributed by atoms with Gasteiger partial charge in [-0.3, -0.25) is 9.59 Å². The fourth-order valence-electron chi connectivity index (χ4n) is 3.54. The Morgan fingerprint density at radius 1 is 0.824 bits per heavy atom. The molecule has 1 unspecified atom stereocenters. The Hall–Kier alpha value is -3.53. The van der Waals surface area contributed by atoms with Crippen molar-refractivity contribution in [2.75, 3.05) is 23.8 Å². The number of benzene rings is 3. The average molecular weight is 480 g/mol.